The van der Waals surface area contributed by atoms with Crippen LogP contribution in [0, 0.1) is 5.82 Å². The molecule has 0 aliphatic heterocycles. The quantitative estimate of drug-likeness (QED) is 0.714. The average Bonchev–Trinajstić information content (AvgIpc) is 2.64. The molecule has 1 atom stereocenters. The van der Waals surface area contributed by atoms with Crippen LogP contribution in [0.5, 0.6) is 0 Å². The van der Waals surface area contributed by atoms with Crippen LogP contribution in [0.15, 0.2) is 60.8 Å². The number of ether oxygens (including phenoxy) is 1. The first-order chi connectivity index (χ1) is 12.5. The van der Waals surface area contributed by atoms with E-state index >= 15 is 0 Å². The maximum atomic E-state index is 12.9. The number of pyridine rings is 1. The molecule has 0 radical (unpaired) electrons. The van der Waals surface area contributed by atoms with E-state index in [0.717, 1.165) is 16.5 Å². The number of benzene rings is 2. The third kappa shape index (κ3) is 4.22. The highest BCUT2D eigenvalue weighted by Gasteiger charge is 2.19. The molecular weight excluding hydrogens is 335 g/mol. The van der Waals surface area contributed by atoms with Crippen molar-refractivity contribution in [1.82, 2.24) is 4.98 Å². The third-order valence-corrected chi connectivity index (χ3v) is 3.84. The normalized spacial score (nSPS) is 11.8. The van der Waals surface area contributed by atoms with Crippen molar-refractivity contribution < 1.29 is 18.7 Å². The van der Waals surface area contributed by atoms with Gasteiger partial charge in [-0.05, 0) is 42.8 Å². The smallest absolute Gasteiger partial charge is 0.311 e. The van der Waals surface area contributed by atoms with Gasteiger partial charge in [-0.25, -0.2) is 4.39 Å². The lowest BCUT2D eigenvalue weighted by Gasteiger charge is -2.14. The van der Waals surface area contributed by atoms with Crippen LogP contribution in [0.4, 0.5) is 10.1 Å². The zero-order valence-corrected chi connectivity index (χ0v) is 14.1. The molecule has 0 aliphatic carbocycles. The molecule has 3 rings (SSSR count). The van der Waals surface area contributed by atoms with E-state index < -0.39 is 23.8 Å². The van der Waals surface area contributed by atoms with Crippen LogP contribution < -0.4 is 5.32 Å². The SMILES string of the molecule is C[C@@H](OC(=O)Cc1cccc2cccnc12)C(=O)Nc1ccc(F)cc1. The number of fused-ring (bicyclic) bond motifs is 1. The topological polar surface area (TPSA) is 68.3 Å². The molecule has 0 unspecified atom stereocenters. The number of esters is 1. The fourth-order valence-corrected chi connectivity index (χ4v) is 2.54. The number of carbonyl (C=O) groups excluding carboxylic acids is 2. The highest BCUT2D eigenvalue weighted by Crippen LogP contribution is 2.17. The minimum Gasteiger partial charge on any atom is -0.452 e. The molecule has 5 nitrogen and oxygen atoms in total. The Balaban J connectivity index is 1.61. The number of aromatic nitrogens is 1. The molecule has 1 N–H and O–H groups in total. The second-order valence-electron chi connectivity index (χ2n) is 5.80. The number of amides is 1. The number of carbonyl (C=O) groups is 2. The van der Waals surface area contributed by atoms with Gasteiger partial charge in [-0.1, -0.05) is 24.3 Å². The average molecular weight is 352 g/mol. The minimum atomic E-state index is -0.976. The maximum absolute atomic E-state index is 12.9. The number of nitrogens with one attached hydrogen (secondary N) is 1. The fourth-order valence-electron chi connectivity index (χ4n) is 2.54. The van der Waals surface area contributed by atoms with Crippen molar-refractivity contribution in [2.75, 3.05) is 5.32 Å². The van der Waals surface area contributed by atoms with Gasteiger partial charge in [-0.15, -0.1) is 0 Å². The second-order valence-corrected chi connectivity index (χ2v) is 5.80. The predicted octanol–water partition coefficient (Wildman–Crippen LogP) is 3.49. The second kappa shape index (κ2) is 7.74. The molecule has 1 amide bonds. The Bertz CT molecular complexity index is 936. The molecule has 2 aromatic carbocycles. The number of hydrogen-bond acceptors (Lipinski definition) is 4. The zero-order valence-electron chi connectivity index (χ0n) is 14.1. The Morgan fingerprint density at radius 1 is 1.12 bits per heavy atom. The summed E-state index contributed by atoms with van der Waals surface area (Å²) < 4.78 is 18.1. The van der Waals surface area contributed by atoms with Gasteiger partial charge in [0.15, 0.2) is 6.10 Å². The van der Waals surface area contributed by atoms with Crippen LogP contribution in [0.1, 0.15) is 12.5 Å². The molecule has 26 heavy (non-hydrogen) atoms. The maximum Gasteiger partial charge on any atom is 0.311 e. The lowest BCUT2D eigenvalue weighted by molar-refractivity contribution is -0.152. The predicted molar refractivity (Wildman–Crippen MR) is 96.0 cm³/mol. The van der Waals surface area contributed by atoms with E-state index in [9.17, 15) is 14.0 Å². The summed E-state index contributed by atoms with van der Waals surface area (Å²) >= 11 is 0. The third-order valence-electron chi connectivity index (χ3n) is 3.84. The lowest BCUT2D eigenvalue weighted by atomic mass is 10.1. The molecule has 3 aromatic rings. The van der Waals surface area contributed by atoms with Crippen molar-refractivity contribution in [3.8, 4) is 0 Å². The van der Waals surface area contributed by atoms with Crippen molar-refractivity contribution in [3.05, 3.63) is 72.2 Å². The molecule has 1 heterocycles. The van der Waals surface area contributed by atoms with E-state index in [4.69, 9.17) is 4.74 Å². The van der Waals surface area contributed by atoms with Crippen molar-refractivity contribution in [1.29, 1.82) is 0 Å². The monoisotopic (exact) mass is 352 g/mol. The van der Waals surface area contributed by atoms with Crippen LogP contribution in [-0.4, -0.2) is 23.0 Å². The van der Waals surface area contributed by atoms with Gasteiger partial charge < -0.3 is 10.1 Å². The van der Waals surface area contributed by atoms with Crippen LogP contribution in [0.25, 0.3) is 10.9 Å². The Kier molecular flexibility index (Phi) is 5.22. The Labute approximate surface area is 149 Å². The fraction of sp³-hybridized carbons (Fsp3) is 0.150. The number of hydrogen-bond donors (Lipinski definition) is 1. The van der Waals surface area contributed by atoms with Gasteiger partial charge in [-0.2, -0.15) is 0 Å². The number of nitrogens with zero attached hydrogens (tertiary/aromatic N) is 1. The highest BCUT2D eigenvalue weighted by atomic mass is 19.1. The van der Waals surface area contributed by atoms with E-state index in [1.165, 1.54) is 31.2 Å². The zero-order chi connectivity index (χ0) is 18.5. The molecule has 0 aliphatic rings. The van der Waals surface area contributed by atoms with Crippen LogP contribution >= 0.6 is 0 Å². The van der Waals surface area contributed by atoms with Gasteiger partial charge in [0.2, 0.25) is 0 Å². The molecule has 6 heteroatoms. The summed E-state index contributed by atoms with van der Waals surface area (Å²) in [7, 11) is 0. The van der Waals surface area contributed by atoms with Crippen molar-refractivity contribution in [2.45, 2.75) is 19.4 Å². The summed E-state index contributed by atoms with van der Waals surface area (Å²) in [6.45, 7) is 1.48. The number of rotatable bonds is 5. The van der Waals surface area contributed by atoms with Gasteiger partial charge >= 0.3 is 5.97 Å². The first kappa shape index (κ1) is 17.5. The van der Waals surface area contributed by atoms with Crippen LogP contribution in [0.2, 0.25) is 0 Å². The van der Waals surface area contributed by atoms with E-state index in [2.05, 4.69) is 10.3 Å². The highest BCUT2D eigenvalue weighted by molar-refractivity contribution is 5.95. The summed E-state index contributed by atoms with van der Waals surface area (Å²) in [5.41, 5.74) is 1.90. The molecule has 0 bridgehead atoms. The lowest BCUT2D eigenvalue weighted by Crippen LogP contribution is -2.30. The molecule has 0 saturated heterocycles. The summed E-state index contributed by atoms with van der Waals surface area (Å²) in [5.74, 6) is -1.41. The molecule has 0 fully saturated rings. The summed E-state index contributed by atoms with van der Waals surface area (Å²) in [5, 5.41) is 3.50. The first-order valence-electron chi connectivity index (χ1n) is 8.11. The summed E-state index contributed by atoms with van der Waals surface area (Å²) in [4.78, 5) is 28.6. The molecule has 132 valence electrons. The van der Waals surface area contributed by atoms with Gasteiger partial charge in [0.1, 0.15) is 5.82 Å². The van der Waals surface area contributed by atoms with E-state index in [0.29, 0.717) is 5.69 Å². The Hall–Kier alpha value is -3.28. The van der Waals surface area contributed by atoms with E-state index in [1.54, 1.807) is 12.3 Å². The largest absolute Gasteiger partial charge is 0.452 e. The molecule has 0 saturated carbocycles. The number of anilines is 1. The van der Waals surface area contributed by atoms with Crippen molar-refractivity contribution in [2.24, 2.45) is 0 Å². The molecule has 0 spiro atoms. The molecular formula is C20H17FN2O3. The van der Waals surface area contributed by atoms with Crippen molar-refractivity contribution >= 4 is 28.5 Å². The van der Waals surface area contributed by atoms with Gasteiger partial charge in [0.05, 0.1) is 11.9 Å². The Morgan fingerprint density at radius 3 is 2.62 bits per heavy atom. The van der Waals surface area contributed by atoms with Crippen molar-refractivity contribution in [3.63, 3.8) is 0 Å². The minimum absolute atomic E-state index is 0.0164. The van der Waals surface area contributed by atoms with Crippen LogP contribution in [0.3, 0.4) is 0 Å². The number of para-hydroxylation sites is 1. The van der Waals surface area contributed by atoms with Gasteiger partial charge in [0, 0.05) is 17.3 Å². The van der Waals surface area contributed by atoms with Gasteiger partial charge in [-0.3, -0.25) is 14.6 Å². The summed E-state index contributed by atoms with van der Waals surface area (Å²) in [6.07, 6.45) is 0.703. The standard InChI is InChI=1S/C20H17FN2O3/c1-13(20(25)23-17-9-7-16(21)8-10-17)26-18(24)12-15-5-2-4-14-6-3-11-22-19(14)15/h2-11,13H,12H2,1H3,(H,23,25)/t13-/m1/s1. The molecule has 1 aromatic heterocycles. The van der Waals surface area contributed by atoms with E-state index in [-0.39, 0.29) is 6.42 Å². The van der Waals surface area contributed by atoms with Crippen LogP contribution in [-0.2, 0) is 20.7 Å². The first-order valence-corrected chi connectivity index (χ1v) is 8.11. The number of halogens is 1. The van der Waals surface area contributed by atoms with Gasteiger partial charge in [0.25, 0.3) is 5.91 Å². The van der Waals surface area contributed by atoms with E-state index in [1.807, 2.05) is 24.3 Å². The Morgan fingerprint density at radius 2 is 1.85 bits per heavy atom. The summed E-state index contributed by atoms with van der Waals surface area (Å²) in [6, 6.07) is 14.6.